The van der Waals surface area contributed by atoms with E-state index in [9.17, 15) is 4.79 Å². The van der Waals surface area contributed by atoms with Crippen molar-refractivity contribution < 1.29 is 4.79 Å². The summed E-state index contributed by atoms with van der Waals surface area (Å²) in [5.74, 6) is 0.243. The van der Waals surface area contributed by atoms with E-state index < -0.39 is 0 Å². The molecule has 0 bridgehead atoms. The van der Waals surface area contributed by atoms with Crippen molar-refractivity contribution in [1.29, 1.82) is 0 Å². The maximum atomic E-state index is 10.5. The smallest absolute Gasteiger partial charge is 0.135 e. The van der Waals surface area contributed by atoms with Crippen molar-refractivity contribution in [3.63, 3.8) is 0 Å². The molecular weight excluding hydrogens is 110 g/mol. The summed E-state index contributed by atoms with van der Waals surface area (Å²) in [6.07, 6.45) is 0. The van der Waals surface area contributed by atoms with Gasteiger partial charge in [-0.25, -0.2) is 0 Å². The van der Waals surface area contributed by atoms with Crippen molar-refractivity contribution in [2.45, 2.75) is 27.7 Å². The van der Waals surface area contributed by atoms with Crippen molar-refractivity contribution in [2.75, 3.05) is 0 Å². The summed E-state index contributed by atoms with van der Waals surface area (Å²) in [6, 6.07) is 0. The lowest BCUT2D eigenvalue weighted by Gasteiger charge is -2.11. The van der Waals surface area contributed by atoms with E-state index in [1.807, 2.05) is 20.8 Å². The molecule has 0 unspecified atom stereocenters. The predicted molar refractivity (Wildman–Crippen MR) is 41.6 cm³/mol. The van der Waals surface area contributed by atoms with Crippen LogP contribution in [-0.2, 0) is 4.79 Å². The predicted octanol–water partition coefficient (Wildman–Crippen LogP) is 0.860. The van der Waals surface area contributed by atoms with Gasteiger partial charge in [-0.3, -0.25) is 4.79 Å². The van der Waals surface area contributed by atoms with Crippen LogP contribution in [0.1, 0.15) is 27.7 Å². The van der Waals surface area contributed by atoms with Crippen LogP contribution >= 0.6 is 0 Å². The third-order valence-electron chi connectivity index (χ3n) is 1.06. The Hall–Kier alpha value is -0.200. The molecule has 0 fully saturated rings. The fraction of sp³-hybridized carbons (Fsp3) is 0.833. The van der Waals surface area contributed by atoms with Crippen LogP contribution in [0.2, 0.25) is 0 Å². The molecule has 0 spiro atoms. The molecule has 0 aromatic rings. The van der Waals surface area contributed by atoms with Crippen LogP contribution in [0, 0.1) is 5.41 Å². The molecule has 0 N–H and O–H groups in total. The minimum Gasteiger partial charge on any atom is -0.299 e. The van der Waals surface area contributed by atoms with E-state index in [4.69, 9.17) is 0 Å². The van der Waals surface area contributed by atoms with Gasteiger partial charge in [0.2, 0.25) is 0 Å². The Morgan fingerprint density at radius 2 is 1.22 bits per heavy atom. The largest absolute Gasteiger partial charge is 0.299 e. The Bertz CT molecular complexity index is 83.5. The number of ketones is 1. The van der Waals surface area contributed by atoms with Crippen LogP contribution in [0.3, 0.4) is 0 Å². The maximum Gasteiger partial charge on any atom is 0.135 e. The molecule has 9 heavy (non-hydrogen) atoms. The molecule has 0 aliphatic heterocycles. The summed E-state index contributed by atoms with van der Waals surface area (Å²) in [7, 11) is 0. The number of Topliss-reactive ketones (excluding diaryl/α,β-unsaturated/α-hetero) is 1. The van der Waals surface area contributed by atoms with Gasteiger partial charge in [-0.15, -0.1) is 0 Å². The highest BCUT2D eigenvalue weighted by Crippen LogP contribution is 2.12. The van der Waals surface area contributed by atoms with Crippen LogP contribution < -0.4 is 0 Å². The first kappa shape index (κ1) is 15.9. The Morgan fingerprint density at radius 3 is 1.22 bits per heavy atom. The quantitative estimate of drug-likeness (QED) is 0.435. The number of carbonyl (C=O) groups excluding carboxylic acids is 1. The molecule has 0 atom stereocenters. The normalized spacial score (nSPS) is 8.89. The van der Waals surface area contributed by atoms with E-state index in [1.165, 1.54) is 0 Å². The van der Waals surface area contributed by atoms with E-state index in [-0.39, 0.29) is 28.0 Å². The third kappa shape index (κ3) is 7.80. The van der Waals surface area contributed by atoms with Crippen LogP contribution in [-0.4, -0.2) is 22.6 Å². The Kier molecular flexibility index (Phi) is 8.24. The summed E-state index contributed by atoms with van der Waals surface area (Å²) < 4.78 is 0. The lowest BCUT2D eigenvalue weighted by atomic mass is 9.92. The standard InChI is InChI=1S/C6H12O.2B/c1-5(7)6(2,3)4;;/h1-4H3;;. The molecular formula is C6H12B2O. The summed E-state index contributed by atoms with van der Waals surface area (Å²) >= 11 is 0. The molecule has 0 heterocycles. The van der Waals surface area contributed by atoms with E-state index in [0.29, 0.717) is 0 Å². The molecule has 0 saturated carbocycles. The Balaban J connectivity index is -0.000000180. The maximum absolute atomic E-state index is 10.5. The SMILES string of the molecule is CC(=O)C(C)(C)C.[B].[B]. The van der Waals surface area contributed by atoms with Crippen molar-refractivity contribution >= 4 is 22.6 Å². The van der Waals surface area contributed by atoms with Crippen LogP contribution in [0.25, 0.3) is 0 Å². The molecule has 1 nitrogen and oxygen atoms in total. The van der Waals surface area contributed by atoms with Gasteiger partial charge < -0.3 is 0 Å². The van der Waals surface area contributed by atoms with E-state index in [1.54, 1.807) is 6.92 Å². The molecule has 0 aromatic carbocycles. The molecule has 0 aromatic heterocycles. The van der Waals surface area contributed by atoms with E-state index in [2.05, 4.69) is 0 Å². The molecule has 3 heteroatoms. The van der Waals surface area contributed by atoms with Crippen molar-refractivity contribution in [2.24, 2.45) is 5.41 Å². The summed E-state index contributed by atoms with van der Waals surface area (Å²) in [5.41, 5.74) is -0.139. The van der Waals surface area contributed by atoms with Gasteiger partial charge in [0.05, 0.1) is 0 Å². The third-order valence-corrected chi connectivity index (χ3v) is 1.06. The van der Waals surface area contributed by atoms with Crippen LogP contribution in [0.5, 0.6) is 0 Å². The van der Waals surface area contributed by atoms with Crippen molar-refractivity contribution in [3.05, 3.63) is 0 Å². The van der Waals surface area contributed by atoms with Gasteiger partial charge in [-0.2, -0.15) is 0 Å². The summed E-state index contributed by atoms with van der Waals surface area (Å²) in [6.45, 7) is 7.35. The Labute approximate surface area is 61.4 Å². The van der Waals surface area contributed by atoms with Gasteiger partial charge in [0.25, 0.3) is 0 Å². The molecule has 0 aliphatic rings. The fourth-order valence-corrected chi connectivity index (χ4v) is 0. The van der Waals surface area contributed by atoms with Gasteiger partial charge in [0.1, 0.15) is 5.78 Å². The lowest BCUT2D eigenvalue weighted by molar-refractivity contribution is -0.124. The first-order chi connectivity index (χ1) is 2.94. The zero-order valence-corrected chi connectivity index (χ0v) is 6.56. The molecule has 6 radical (unpaired) electrons. The second-order valence-electron chi connectivity index (χ2n) is 2.81. The first-order valence-electron chi connectivity index (χ1n) is 2.45. The zero-order chi connectivity index (χ0) is 6.08. The highest BCUT2D eigenvalue weighted by Gasteiger charge is 2.14. The van der Waals surface area contributed by atoms with Gasteiger partial charge in [-0.1, -0.05) is 20.8 Å². The monoisotopic (exact) mass is 122 g/mol. The summed E-state index contributed by atoms with van der Waals surface area (Å²) in [4.78, 5) is 10.5. The zero-order valence-electron chi connectivity index (χ0n) is 6.56. The summed E-state index contributed by atoms with van der Waals surface area (Å²) in [5, 5.41) is 0. The number of carbonyl (C=O) groups is 1. The number of hydrogen-bond donors (Lipinski definition) is 0. The van der Waals surface area contributed by atoms with Crippen LogP contribution in [0.4, 0.5) is 0 Å². The molecule has 0 rings (SSSR count). The number of rotatable bonds is 0. The minimum atomic E-state index is -0.139. The van der Waals surface area contributed by atoms with Gasteiger partial charge in [0, 0.05) is 22.2 Å². The fourth-order valence-electron chi connectivity index (χ4n) is 0. The molecule has 0 saturated heterocycles. The average Bonchev–Trinajstić information content (AvgIpc) is 1.31. The van der Waals surface area contributed by atoms with E-state index >= 15 is 0 Å². The van der Waals surface area contributed by atoms with Crippen molar-refractivity contribution in [1.82, 2.24) is 0 Å². The molecule has 48 valence electrons. The average molecular weight is 122 g/mol. The van der Waals surface area contributed by atoms with E-state index in [0.717, 1.165) is 0 Å². The number of hydrogen-bond acceptors (Lipinski definition) is 1. The topological polar surface area (TPSA) is 17.1 Å². The molecule has 0 amide bonds. The highest BCUT2D eigenvalue weighted by atomic mass is 16.1. The second kappa shape index (κ2) is 4.66. The van der Waals surface area contributed by atoms with Gasteiger partial charge >= 0.3 is 0 Å². The second-order valence-corrected chi connectivity index (χ2v) is 2.81. The lowest BCUT2D eigenvalue weighted by Crippen LogP contribution is -2.15. The minimum absolute atomic E-state index is 0. The highest BCUT2D eigenvalue weighted by molar-refractivity contribution is 5.80. The van der Waals surface area contributed by atoms with Gasteiger partial charge in [-0.05, 0) is 6.92 Å². The first-order valence-corrected chi connectivity index (χ1v) is 2.45. The van der Waals surface area contributed by atoms with Gasteiger partial charge in [0.15, 0.2) is 0 Å². The Morgan fingerprint density at radius 1 is 1.11 bits per heavy atom. The van der Waals surface area contributed by atoms with Crippen LogP contribution in [0.15, 0.2) is 0 Å². The molecule has 0 aliphatic carbocycles. The van der Waals surface area contributed by atoms with Crippen molar-refractivity contribution in [3.8, 4) is 0 Å².